The van der Waals surface area contributed by atoms with Crippen molar-refractivity contribution in [1.82, 2.24) is 9.13 Å². The highest BCUT2D eigenvalue weighted by Crippen LogP contribution is 2.33. The first-order valence-electron chi connectivity index (χ1n) is 18.1. The highest BCUT2D eigenvalue weighted by atomic mass is 16.5. The number of carbonyl (C=O) groups is 4. The van der Waals surface area contributed by atoms with Crippen molar-refractivity contribution in [3.05, 3.63) is 118 Å². The fourth-order valence-corrected chi connectivity index (χ4v) is 7.71. The topological polar surface area (TPSA) is 189 Å². The van der Waals surface area contributed by atoms with Gasteiger partial charge in [0.2, 0.25) is 11.6 Å². The third kappa shape index (κ3) is 8.06. The van der Waals surface area contributed by atoms with E-state index in [1.807, 2.05) is 47.2 Å². The number of aromatic nitrogens is 2. The summed E-state index contributed by atoms with van der Waals surface area (Å²) >= 11 is 0. The first-order chi connectivity index (χ1) is 25.3. The number of carbonyl (C=O) groups excluding carboxylic acids is 2. The summed E-state index contributed by atoms with van der Waals surface area (Å²) < 4.78 is 16.3. The standard InChI is InChI=1S/C41H48N4O8/c1-40(24-42,52-21-17-26-3-7-28(8-4-26)36(46)34-13-11-32-30(38(48)49)15-19-44(32)34)23-41(2,25-43)53-22-18-27-5-9-29(10-6-27)37(47)35-14-12-33-31(39(50)51)16-20-45(33)35/h3-14,30-31H,15-25,42-43H2,1-2H3,(H,48,49)(H,50,51)/t30-,31-,40?,41?/m0/s1. The molecule has 4 aromatic rings. The number of ketones is 2. The summed E-state index contributed by atoms with van der Waals surface area (Å²) in [6, 6.07) is 21.7. The summed E-state index contributed by atoms with van der Waals surface area (Å²) in [4.78, 5) is 49.5. The van der Waals surface area contributed by atoms with Crippen LogP contribution in [0.5, 0.6) is 0 Å². The summed E-state index contributed by atoms with van der Waals surface area (Å²) in [5.74, 6) is -3.16. The number of nitrogens with zero attached hydrogens (tertiary/aromatic N) is 2. The largest absolute Gasteiger partial charge is 0.481 e. The van der Waals surface area contributed by atoms with E-state index < -0.39 is 35.0 Å². The van der Waals surface area contributed by atoms with Crippen molar-refractivity contribution < 1.29 is 38.9 Å². The molecule has 6 N–H and O–H groups in total. The molecule has 280 valence electrons. The third-order valence-electron chi connectivity index (χ3n) is 10.8. The van der Waals surface area contributed by atoms with Crippen molar-refractivity contribution in [3.63, 3.8) is 0 Å². The Morgan fingerprint density at radius 1 is 0.642 bits per heavy atom. The molecule has 2 unspecified atom stereocenters. The molecule has 2 aliphatic rings. The van der Waals surface area contributed by atoms with Crippen LogP contribution < -0.4 is 11.5 Å². The minimum Gasteiger partial charge on any atom is -0.481 e. The van der Waals surface area contributed by atoms with E-state index in [2.05, 4.69) is 0 Å². The van der Waals surface area contributed by atoms with Gasteiger partial charge in [0, 0.05) is 55.1 Å². The van der Waals surface area contributed by atoms with E-state index in [9.17, 15) is 29.4 Å². The van der Waals surface area contributed by atoms with Gasteiger partial charge in [0.1, 0.15) is 0 Å². The molecule has 2 aromatic heterocycles. The Morgan fingerprint density at radius 3 is 1.36 bits per heavy atom. The van der Waals surface area contributed by atoms with Crippen LogP contribution in [0.2, 0.25) is 0 Å². The van der Waals surface area contributed by atoms with Gasteiger partial charge < -0.3 is 40.3 Å². The molecule has 4 atom stereocenters. The maximum Gasteiger partial charge on any atom is 0.312 e. The summed E-state index contributed by atoms with van der Waals surface area (Å²) in [6.07, 6.45) is 2.67. The van der Waals surface area contributed by atoms with Gasteiger partial charge in [0.25, 0.3) is 0 Å². The molecule has 0 bridgehead atoms. The van der Waals surface area contributed by atoms with Crippen LogP contribution in [0.1, 0.15) is 99.6 Å². The van der Waals surface area contributed by atoms with Gasteiger partial charge in [-0.05, 0) is 74.9 Å². The Labute approximate surface area is 308 Å². The lowest BCUT2D eigenvalue weighted by Gasteiger charge is -2.38. The van der Waals surface area contributed by atoms with Crippen molar-refractivity contribution in [3.8, 4) is 0 Å². The number of hydrogen-bond acceptors (Lipinski definition) is 8. The number of aliphatic carboxylic acids is 2. The van der Waals surface area contributed by atoms with Crippen molar-refractivity contribution in [1.29, 1.82) is 0 Å². The predicted molar refractivity (Wildman–Crippen MR) is 197 cm³/mol. The SMILES string of the molecule is CC(CN)(CC(C)(CN)OCCc1ccc(C(=O)c2ccc3n2CC[C@@H]3C(=O)O)cc1)OCCc1ccc(C(=O)c2ccc3n2CC[C@@H]3C(=O)O)cc1. The molecule has 53 heavy (non-hydrogen) atoms. The van der Waals surface area contributed by atoms with E-state index in [0.29, 0.717) is 92.3 Å². The van der Waals surface area contributed by atoms with E-state index in [4.69, 9.17) is 20.9 Å². The van der Waals surface area contributed by atoms with Crippen LogP contribution in [0.15, 0.2) is 72.8 Å². The molecule has 0 fully saturated rings. The van der Waals surface area contributed by atoms with Gasteiger partial charge >= 0.3 is 11.9 Å². The fraction of sp³-hybridized carbons (Fsp3) is 0.415. The van der Waals surface area contributed by atoms with Crippen LogP contribution in [0.3, 0.4) is 0 Å². The van der Waals surface area contributed by atoms with E-state index in [1.165, 1.54) is 0 Å². The number of benzene rings is 2. The Kier molecular flexibility index (Phi) is 11.2. The molecule has 0 saturated heterocycles. The minimum absolute atomic E-state index is 0.136. The molecule has 4 heterocycles. The second kappa shape index (κ2) is 15.6. The highest BCUT2D eigenvalue weighted by Gasteiger charge is 2.36. The number of nitrogens with two attached hydrogens (primary N) is 2. The monoisotopic (exact) mass is 724 g/mol. The zero-order valence-corrected chi connectivity index (χ0v) is 30.3. The predicted octanol–water partition coefficient (Wildman–Crippen LogP) is 4.54. The molecule has 0 spiro atoms. The Morgan fingerprint density at radius 2 is 1.02 bits per heavy atom. The second-order valence-corrected chi connectivity index (χ2v) is 14.7. The lowest BCUT2D eigenvalue weighted by molar-refractivity contribution is -0.139. The second-order valence-electron chi connectivity index (χ2n) is 14.7. The molecular formula is C41H48N4O8. The van der Waals surface area contributed by atoms with Crippen LogP contribution in [-0.4, -0.2) is 80.4 Å². The fourth-order valence-electron chi connectivity index (χ4n) is 7.71. The zero-order chi connectivity index (χ0) is 37.9. The molecule has 0 aliphatic carbocycles. The average molecular weight is 725 g/mol. The number of fused-ring (bicyclic) bond motifs is 2. The van der Waals surface area contributed by atoms with E-state index in [-0.39, 0.29) is 24.7 Å². The zero-order valence-electron chi connectivity index (χ0n) is 30.3. The van der Waals surface area contributed by atoms with Crippen LogP contribution in [0.25, 0.3) is 0 Å². The molecule has 6 rings (SSSR count). The van der Waals surface area contributed by atoms with Gasteiger partial charge in [0.05, 0.1) is 47.6 Å². The number of rotatable bonds is 18. The summed E-state index contributed by atoms with van der Waals surface area (Å²) in [6.45, 7) is 6.27. The van der Waals surface area contributed by atoms with Gasteiger partial charge in [0.15, 0.2) is 0 Å². The van der Waals surface area contributed by atoms with E-state index in [0.717, 1.165) is 11.1 Å². The normalized spacial score (nSPS) is 18.6. The van der Waals surface area contributed by atoms with Gasteiger partial charge in [-0.3, -0.25) is 19.2 Å². The first kappa shape index (κ1) is 37.9. The van der Waals surface area contributed by atoms with Crippen LogP contribution in [0, 0.1) is 0 Å². The molecule has 12 heteroatoms. The lowest BCUT2D eigenvalue weighted by atomic mass is 9.89. The molecular weight excluding hydrogens is 676 g/mol. The average Bonchev–Trinajstić information content (AvgIpc) is 3.94. The van der Waals surface area contributed by atoms with Gasteiger partial charge in [-0.15, -0.1) is 0 Å². The Balaban J connectivity index is 0.975. The maximum atomic E-state index is 13.2. The first-order valence-corrected chi connectivity index (χ1v) is 18.1. The molecule has 0 radical (unpaired) electrons. The number of carboxylic acids is 2. The van der Waals surface area contributed by atoms with Crippen LogP contribution in [0.4, 0.5) is 0 Å². The Bertz CT molecular complexity index is 1840. The number of hydrogen-bond donors (Lipinski definition) is 4. The van der Waals surface area contributed by atoms with E-state index in [1.54, 1.807) is 48.5 Å². The third-order valence-corrected chi connectivity index (χ3v) is 10.8. The number of ether oxygens (including phenoxy) is 2. The smallest absolute Gasteiger partial charge is 0.312 e. The van der Waals surface area contributed by atoms with Crippen LogP contribution in [-0.2, 0) is 45.0 Å². The van der Waals surface area contributed by atoms with Crippen molar-refractivity contribution in [2.75, 3.05) is 26.3 Å². The molecule has 12 nitrogen and oxygen atoms in total. The highest BCUT2D eigenvalue weighted by molar-refractivity contribution is 6.09. The van der Waals surface area contributed by atoms with Crippen molar-refractivity contribution in [2.45, 2.75) is 82.1 Å². The molecule has 0 saturated carbocycles. The van der Waals surface area contributed by atoms with Gasteiger partial charge in [-0.25, -0.2) is 0 Å². The quantitative estimate of drug-likeness (QED) is 0.106. The number of carboxylic acid groups (broad SMARTS) is 2. The van der Waals surface area contributed by atoms with Crippen molar-refractivity contribution in [2.24, 2.45) is 11.5 Å². The lowest BCUT2D eigenvalue weighted by Crippen LogP contribution is -2.49. The molecule has 2 aromatic carbocycles. The molecule has 0 amide bonds. The summed E-state index contributed by atoms with van der Waals surface area (Å²) in [5, 5.41) is 18.9. The molecule has 2 aliphatic heterocycles. The summed E-state index contributed by atoms with van der Waals surface area (Å²) in [7, 11) is 0. The summed E-state index contributed by atoms with van der Waals surface area (Å²) in [5.41, 5.74) is 16.5. The van der Waals surface area contributed by atoms with E-state index >= 15 is 0 Å². The minimum atomic E-state index is -0.870. The van der Waals surface area contributed by atoms with Gasteiger partial charge in [-0.2, -0.15) is 0 Å². The van der Waals surface area contributed by atoms with Crippen LogP contribution >= 0.6 is 0 Å². The maximum absolute atomic E-state index is 13.2. The Hall–Kier alpha value is -4.88. The van der Waals surface area contributed by atoms with Crippen molar-refractivity contribution >= 4 is 23.5 Å². The van der Waals surface area contributed by atoms with Gasteiger partial charge in [-0.1, -0.05) is 48.5 Å².